The molecule has 0 spiro atoms. The molecule has 0 aliphatic heterocycles. The largest absolute Gasteiger partial charge is 0.418 e. The predicted octanol–water partition coefficient (Wildman–Crippen LogP) is 3.26. The molecule has 5 nitrogen and oxygen atoms in total. The van der Waals surface area contributed by atoms with Gasteiger partial charge >= 0.3 is 6.18 Å². The van der Waals surface area contributed by atoms with E-state index in [1.54, 1.807) is 5.38 Å². The Morgan fingerprint density at radius 3 is 2.74 bits per heavy atom. The van der Waals surface area contributed by atoms with Gasteiger partial charge in [0.1, 0.15) is 5.56 Å². The Morgan fingerprint density at radius 1 is 1.30 bits per heavy atom. The first-order chi connectivity index (χ1) is 10.9. The summed E-state index contributed by atoms with van der Waals surface area (Å²) in [4.78, 5) is 30.6. The van der Waals surface area contributed by atoms with E-state index >= 15 is 0 Å². The number of hydrogen-bond acceptors (Lipinski definition) is 4. The third-order valence-electron chi connectivity index (χ3n) is 3.12. The minimum absolute atomic E-state index is 0.202. The van der Waals surface area contributed by atoms with E-state index in [-0.39, 0.29) is 16.5 Å². The van der Waals surface area contributed by atoms with Gasteiger partial charge in [0.2, 0.25) is 5.43 Å². The van der Waals surface area contributed by atoms with Crippen LogP contribution in [-0.4, -0.2) is 15.9 Å². The third-order valence-corrected chi connectivity index (χ3v) is 3.81. The molecular formula is C14H8F3N3O2S. The van der Waals surface area contributed by atoms with E-state index in [0.717, 1.165) is 29.7 Å². The number of H-pyrrole nitrogens is 1. The van der Waals surface area contributed by atoms with Crippen molar-refractivity contribution in [3.05, 3.63) is 57.3 Å². The number of nitrogens with one attached hydrogen (secondary N) is 2. The number of nitrogens with zero attached hydrogens (tertiary/aromatic N) is 1. The lowest BCUT2D eigenvalue weighted by Gasteiger charge is -2.10. The summed E-state index contributed by atoms with van der Waals surface area (Å²) in [7, 11) is 0. The van der Waals surface area contributed by atoms with Gasteiger partial charge in [0, 0.05) is 23.2 Å². The zero-order chi connectivity index (χ0) is 16.6. The first kappa shape index (κ1) is 15.2. The van der Waals surface area contributed by atoms with Crippen molar-refractivity contribution in [2.75, 3.05) is 5.32 Å². The van der Waals surface area contributed by atoms with Crippen LogP contribution in [0.15, 0.2) is 40.8 Å². The lowest BCUT2D eigenvalue weighted by Crippen LogP contribution is -2.22. The number of alkyl halides is 3. The maximum Gasteiger partial charge on any atom is 0.418 e. The van der Waals surface area contributed by atoms with Gasteiger partial charge in [-0.1, -0.05) is 6.07 Å². The first-order valence-electron chi connectivity index (χ1n) is 6.30. The number of aromatic nitrogens is 2. The summed E-state index contributed by atoms with van der Waals surface area (Å²) in [6.45, 7) is 0. The fourth-order valence-electron chi connectivity index (χ4n) is 2.11. The van der Waals surface area contributed by atoms with Crippen molar-refractivity contribution >= 4 is 33.3 Å². The highest BCUT2D eigenvalue weighted by molar-refractivity contribution is 7.13. The second-order valence-electron chi connectivity index (χ2n) is 4.55. The van der Waals surface area contributed by atoms with Crippen LogP contribution in [0.2, 0.25) is 0 Å². The molecular weight excluding hydrogens is 331 g/mol. The molecule has 0 fully saturated rings. The van der Waals surface area contributed by atoms with E-state index in [1.807, 2.05) is 0 Å². The second kappa shape index (κ2) is 5.51. The number of halogens is 3. The molecule has 118 valence electrons. The normalized spacial score (nSPS) is 11.6. The molecule has 23 heavy (non-hydrogen) atoms. The van der Waals surface area contributed by atoms with E-state index in [1.165, 1.54) is 12.3 Å². The summed E-state index contributed by atoms with van der Waals surface area (Å²) in [6, 6.07) is 3.24. The van der Waals surface area contributed by atoms with Crippen molar-refractivity contribution in [1.29, 1.82) is 0 Å². The predicted molar refractivity (Wildman–Crippen MR) is 79.6 cm³/mol. The van der Waals surface area contributed by atoms with E-state index < -0.39 is 23.1 Å². The Balaban J connectivity index is 2.10. The lowest BCUT2D eigenvalue weighted by molar-refractivity contribution is -0.136. The third kappa shape index (κ3) is 2.82. The SMILES string of the molecule is O=C(Nc1nccs1)c1c[nH]c2c(C(F)(F)F)cccc2c1=O. The monoisotopic (exact) mass is 339 g/mol. The van der Waals surface area contributed by atoms with Gasteiger partial charge in [0.15, 0.2) is 5.13 Å². The summed E-state index contributed by atoms with van der Waals surface area (Å²) >= 11 is 1.16. The number of rotatable bonds is 2. The molecule has 2 heterocycles. The molecule has 2 aromatic heterocycles. The first-order valence-corrected chi connectivity index (χ1v) is 7.18. The number of amides is 1. The molecule has 0 saturated carbocycles. The number of fused-ring (bicyclic) bond motifs is 1. The van der Waals surface area contributed by atoms with Gasteiger partial charge in [-0.15, -0.1) is 11.3 Å². The average Bonchev–Trinajstić information content (AvgIpc) is 2.99. The number of carbonyl (C=O) groups is 1. The van der Waals surface area contributed by atoms with E-state index in [9.17, 15) is 22.8 Å². The molecule has 0 saturated heterocycles. The van der Waals surface area contributed by atoms with Crippen LogP contribution >= 0.6 is 11.3 Å². The zero-order valence-electron chi connectivity index (χ0n) is 11.3. The van der Waals surface area contributed by atoms with Gasteiger partial charge in [0.25, 0.3) is 5.91 Å². The number of carbonyl (C=O) groups excluding carboxylic acids is 1. The van der Waals surface area contributed by atoms with Crippen molar-refractivity contribution in [1.82, 2.24) is 9.97 Å². The van der Waals surface area contributed by atoms with Crippen LogP contribution in [0.3, 0.4) is 0 Å². The van der Waals surface area contributed by atoms with Crippen molar-refractivity contribution in [2.45, 2.75) is 6.18 Å². The van der Waals surface area contributed by atoms with Gasteiger partial charge in [-0.05, 0) is 12.1 Å². The summed E-state index contributed by atoms with van der Waals surface area (Å²) < 4.78 is 38.9. The quantitative estimate of drug-likeness (QED) is 0.752. The Bertz CT molecular complexity index is 933. The maximum atomic E-state index is 13.0. The zero-order valence-corrected chi connectivity index (χ0v) is 12.1. The van der Waals surface area contributed by atoms with Crippen LogP contribution in [0, 0.1) is 0 Å². The minimum Gasteiger partial charge on any atom is -0.360 e. The number of hydrogen-bond donors (Lipinski definition) is 2. The molecule has 1 amide bonds. The Hall–Kier alpha value is -2.68. The molecule has 3 aromatic rings. The van der Waals surface area contributed by atoms with Crippen LogP contribution in [0.1, 0.15) is 15.9 Å². The number of pyridine rings is 1. The highest BCUT2D eigenvalue weighted by Crippen LogP contribution is 2.33. The van der Waals surface area contributed by atoms with E-state index in [2.05, 4.69) is 15.3 Å². The molecule has 9 heteroatoms. The second-order valence-corrected chi connectivity index (χ2v) is 5.44. The van der Waals surface area contributed by atoms with Gasteiger partial charge in [0.05, 0.1) is 11.1 Å². The molecule has 0 aliphatic rings. The van der Waals surface area contributed by atoms with Gasteiger partial charge in [-0.2, -0.15) is 13.2 Å². The van der Waals surface area contributed by atoms with Gasteiger partial charge in [-0.3, -0.25) is 14.9 Å². The topological polar surface area (TPSA) is 74.8 Å². The molecule has 0 atom stereocenters. The summed E-state index contributed by atoms with van der Waals surface area (Å²) in [6.07, 6.45) is -2.16. The molecule has 0 unspecified atom stereocenters. The minimum atomic E-state index is -4.60. The highest BCUT2D eigenvalue weighted by Gasteiger charge is 2.33. The summed E-state index contributed by atoms with van der Waals surface area (Å²) in [5.74, 6) is -0.736. The van der Waals surface area contributed by atoms with Crippen LogP contribution in [-0.2, 0) is 6.18 Å². The number of anilines is 1. The standard InChI is InChI=1S/C14H8F3N3O2S/c15-14(16,17)9-3-1-2-7-10(9)19-6-8(11(7)21)12(22)20-13-18-4-5-23-13/h1-6H,(H,19,21)(H,18,20,22). The average molecular weight is 339 g/mol. The van der Waals surface area contributed by atoms with Crippen molar-refractivity contribution in [3.8, 4) is 0 Å². The Morgan fingerprint density at radius 2 is 2.09 bits per heavy atom. The van der Waals surface area contributed by atoms with E-state index in [0.29, 0.717) is 5.13 Å². The molecule has 2 N–H and O–H groups in total. The highest BCUT2D eigenvalue weighted by atomic mass is 32.1. The summed E-state index contributed by atoms with van der Waals surface area (Å²) in [5.41, 5.74) is -2.37. The Kier molecular flexibility index (Phi) is 3.64. The Labute approximate surface area is 130 Å². The molecule has 0 radical (unpaired) electrons. The van der Waals surface area contributed by atoms with Crippen LogP contribution in [0.4, 0.5) is 18.3 Å². The van der Waals surface area contributed by atoms with Gasteiger partial charge < -0.3 is 4.98 Å². The number of aromatic amines is 1. The van der Waals surface area contributed by atoms with Crippen LogP contribution < -0.4 is 10.7 Å². The van der Waals surface area contributed by atoms with Crippen molar-refractivity contribution in [2.24, 2.45) is 0 Å². The number of para-hydroxylation sites is 1. The fourth-order valence-corrected chi connectivity index (χ4v) is 2.63. The number of thiazole rings is 1. The van der Waals surface area contributed by atoms with Crippen LogP contribution in [0.25, 0.3) is 10.9 Å². The molecule has 0 aliphatic carbocycles. The summed E-state index contributed by atoms with van der Waals surface area (Å²) in [5, 5.41) is 4.14. The van der Waals surface area contributed by atoms with Crippen molar-refractivity contribution < 1.29 is 18.0 Å². The fraction of sp³-hybridized carbons (Fsp3) is 0.0714. The molecule has 1 aromatic carbocycles. The van der Waals surface area contributed by atoms with Gasteiger partial charge in [-0.25, -0.2) is 4.98 Å². The van der Waals surface area contributed by atoms with E-state index in [4.69, 9.17) is 0 Å². The number of benzene rings is 1. The lowest BCUT2D eigenvalue weighted by atomic mass is 10.1. The maximum absolute atomic E-state index is 13.0. The molecule has 0 bridgehead atoms. The smallest absolute Gasteiger partial charge is 0.360 e. The van der Waals surface area contributed by atoms with Crippen LogP contribution in [0.5, 0.6) is 0 Å². The van der Waals surface area contributed by atoms with Crippen molar-refractivity contribution in [3.63, 3.8) is 0 Å². The molecule has 3 rings (SSSR count).